The second kappa shape index (κ2) is 6.36. The molecule has 21 heavy (non-hydrogen) atoms. The van der Waals surface area contributed by atoms with Crippen LogP contribution in [0, 0.1) is 13.8 Å². The number of aromatic nitrogens is 1. The van der Waals surface area contributed by atoms with Gasteiger partial charge in [0.05, 0.1) is 22.8 Å². The van der Waals surface area contributed by atoms with E-state index in [1.165, 1.54) is 17.4 Å². The molecule has 3 N–H and O–H groups in total. The third-order valence-corrected chi connectivity index (χ3v) is 3.64. The molecule has 0 radical (unpaired) electrons. The number of benzene rings is 1. The molecular weight excluding hydrogens is 290 g/mol. The van der Waals surface area contributed by atoms with Crippen molar-refractivity contribution in [1.29, 1.82) is 0 Å². The lowest BCUT2D eigenvalue weighted by Gasteiger charge is -2.08. The average molecular weight is 305 g/mol. The maximum absolute atomic E-state index is 11.8. The first-order chi connectivity index (χ1) is 9.95. The minimum absolute atomic E-state index is 0.169. The van der Waals surface area contributed by atoms with Gasteiger partial charge in [-0.25, -0.2) is 14.6 Å². The molecule has 1 heterocycles. The van der Waals surface area contributed by atoms with Crippen molar-refractivity contribution >= 4 is 29.0 Å². The maximum Gasteiger partial charge on any atom is 0.336 e. The Bertz CT molecular complexity index is 682. The molecule has 1 aromatic heterocycles. The number of rotatable bonds is 4. The Hall–Kier alpha value is -2.41. The molecule has 0 saturated heterocycles. The Morgan fingerprint density at radius 3 is 2.71 bits per heavy atom. The van der Waals surface area contributed by atoms with E-state index in [0.717, 1.165) is 10.7 Å². The molecule has 2 aromatic rings. The molecule has 0 aliphatic rings. The van der Waals surface area contributed by atoms with Crippen LogP contribution in [0.1, 0.15) is 26.6 Å². The Morgan fingerprint density at radius 1 is 1.33 bits per heavy atom. The summed E-state index contributed by atoms with van der Waals surface area (Å²) in [7, 11) is 0. The van der Waals surface area contributed by atoms with E-state index in [1.54, 1.807) is 19.1 Å². The number of anilines is 1. The topological polar surface area (TPSA) is 91.3 Å². The highest BCUT2D eigenvalue weighted by Gasteiger charge is 2.09. The van der Waals surface area contributed by atoms with Crippen LogP contribution in [0.2, 0.25) is 0 Å². The van der Waals surface area contributed by atoms with Gasteiger partial charge in [-0.2, -0.15) is 0 Å². The summed E-state index contributed by atoms with van der Waals surface area (Å²) in [5, 5.41) is 17.1. The van der Waals surface area contributed by atoms with Crippen LogP contribution in [0.5, 0.6) is 0 Å². The van der Waals surface area contributed by atoms with Crippen molar-refractivity contribution in [2.24, 2.45) is 0 Å². The molecule has 0 saturated carbocycles. The van der Waals surface area contributed by atoms with Crippen molar-refractivity contribution < 1.29 is 14.7 Å². The number of thiazole rings is 1. The third kappa shape index (κ3) is 4.03. The highest BCUT2D eigenvalue weighted by atomic mass is 32.1. The van der Waals surface area contributed by atoms with Gasteiger partial charge < -0.3 is 15.7 Å². The smallest absolute Gasteiger partial charge is 0.336 e. The monoisotopic (exact) mass is 305 g/mol. The Morgan fingerprint density at radius 2 is 2.10 bits per heavy atom. The van der Waals surface area contributed by atoms with Crippen LogP contribution in [-0.2, 0) is 6.54 Å². The molecule has 6 nitrogen and oxygen atoms in total. The summed E-state index contributed by atoms with van der Waals surface area (Å²) in [5.41, 5.74) is 2.04. The van der Waals surface area contributed by atoms with Gasteiger partial charge in [-0.05, 0) is 31.5 Å². The largest absolute Gasteiger partial charge is 0.478 e. The van der Waals surface area contributed by atoms with Crippen molar-refractivity contribution in [2.75, 3.05) is 5.32 Å². The number of carboxylic acids is 1. The number of aromatic carboxylic acids is 1. The fourth-order valence-corrected chi connectivity index (χ4v) is 2.38. The van der Waals surface area contributed by atoms with Crippen LogP contribution in [0.3, 0.4) is 0 Å². The van der Waals surface area contributed by atoms with E-state index in [1.807, 2.05) is 12.3 Å². The predicted molar refractivity (Wildman–Crippen MR) is 80.8 cm³/mol. The fourth-order valence-electron chi connectivity index (χ4n) is 1.77. The van der Waals surface area contributed by atoms with Gasteiger partial charge in [0.1, 0.15) is 0 Å². The summed E-state index contributed by atoms with van der Waals surface area (Å²) in [6, 6.07) is 4.35. The summed E-state index contributed by atoms with van der Waals surface area (Å²) >= 11 is 1.52. The number of hydrogen-bond donors (Lipinski definition) is 3. The molecular formula is C14H15N3O3S. The van der Waals surface area contributed by atoms with E-state index in [4.69, 9.17) is 5.11 Å². The van der Waals surface area contributed by atoms with Crippen LogP contribution >= 0.6 is 11.3 Å². The van der Waals surface area contributed by atoms with Crippen molar-refractivity contribution in [3.8, 4) is 0 Å². The summed E-state index contributed by atoms with van der Waals surface area (Å²) in [4.78, 5) is 27.0. The number of amides is 2. The molecule has 0 aliphatic heterocycles. The van der Waals surface area contributed by atoms with Gasteiger partial charge in [0.15, 0.2) is 0 Å². The number of carboxylic acid groups (broad SMARTS) is 1. The second-order valence-electron chi connectivity index (χ2n) is 4.50. The molecule has 0 bridgehead atoms. The predicted octanol–water partition coefficient (Wildman–Crippen LogP) is 2.78. The van der Waals surface area contributed by atoms with E-state index in [-0.39, 0.29) is 5.56 Å². The lowest BCUT2D eigenvalue weighted by Crippen LogP contribution is -2.28. The van der Waals surface area contributed by atoms with Gasteiger partial charge in [-0.1, -0.05) is 6.07 Å². The molecule has 2 rings (SSSR count). The number of nitrogens with one attached hydrogen (secondary N) is 2. The minimum Gasteiger partial charge on any atom is -0.478 e. The van der Waals surface area contributed by atoms with Gasteiger partial charge in [-0.3, -0.25) is 0 Å². The zero-order valence-corrected chi connectivity index (χ0v) is 12.5. The lowest BCUT2D eigenvalue weighted by atomic mass is 10.1. The number of hydrogen-bond acceptors (Lipinski definition) is 4. The normalized spacial score (nSPS) is 10.2. The molecule has 0 atom stereocenters. The Labute approximate surface area is 125 Å². The number of aryl methyl sites for hydroxylation is 2. The number of carbonyl (C=O) groups excluding carboxylic acids is 1. The van der Waals surface area contributed by atoms with Crippen LogP contribution in [0.4, 0.5) is 10.5 Å². The van der Waals surface area contributed by atoms with Crippen LogP contribution in [0.15, 0.2) is 23.6 Å². The molecule has 0 spiro atoms. The molecule has 0 unspecified atom stereocenters. The highest BCUT2D eigenvalue weighted by molar-refractivity contribution is 7.09. The quantitative estimate of drug-likeness (QED) is 0.810. The lowest BCUT2D eigenvalue weighted by molar-refractivity contribution is 0.0696. The van der Waals surface area contributed by atoms with E-state index in [9.17, 15) is 9.59 Å². The van der Waals surface area contributed by atoms with E-state index >= 15 is 0 Å². The first-order valence-electron chi connectivity index (χ1n) is 6.25. The summed E-state index contributed by atoms with van der Waals surface area (Å²) < 4.78 is 0. The standard InChI is InChI=1S/C14H15N3O3S/c1-8-3-4-10(5-12(8)13(18)19)17-14(20)15-6-11-7-21-9(2)16-11/h3-5,7H,6H2,1-2H3,(H,18,19)(H2,15,17,20). The molecule has 7 heteroatoms. The summed E-state index contributed by atoms with van der Waals surface area (Å²) in [6.45, 7) is 3.93. The van der Waals surface area contributed by atoms with E-state index in [2.05, 4.69) is 15.6 Å². The molecule has 0 fully saturated rings. The van der Waals surface area contributed by atoms with Crippen LogP contribution in [0.25, 0.3) is 0 Å². The van der Waals surface area contributed by atoms with Crippen molar-refractivity contribution in [3.05, 3.63) is 45.4 Å². The second-order valence-corrected chi connectivity index (χ2v) is 5.56. The van der Waals surface area contributed by atoms with Gasteiger partial charge >= 0.3 is 12.0 Å². The fraction of sp³-hybridized carbons (Fsp3) is 0.214. The van der Waals surface area contributed by atoms with Gasteiger partial charge in [0.2, 0.25) is 0 Å². The van der Waals surface area contributed by atoms with Gasteiger partial charge in [-0.15, -0.1) is 11.3 Å². The zero-order valence-electron chi connectivity index (χ0n) is 11.6. The zero-order chi connectivity index (χ0) is 15.4. The minimum atomic E-state index is -1.02. The highest BCUT2D eigenvalue weighted by Crippen LogP contribution is 2.15. The van der Waals surface area contributed by atoms with Crippen LogP contribution in [-0.4, -0.2) is 22.1 Å². The molecule has 2 amide bonds. The van der Waals surface area contributed by atoms with Gasteiger partial charge in [0, 0.05) is 11.1 Å². The Balaban J connectivity index is 1.96. The first kappa shape index (κ1) is 15.0. The first-order valence-corrected chi connectivity index (χ1v) is 7.13. The van der Waals surface area contributed by atoms with E-state index in [0.29, 0.717) is 17.8 Å². The molecule has 110 valence electrons. The van der Waals surface area contributed by atoms with Crippen molar-refractivity contribution in [3.63, 3.8) is 0 Å². The number of carbonyl (C=O) groups is 2. The van der Waals surface area contributed by atoms with Crippen molar-refractivity contribution in [2.45, 2.75) is 20.4 Å². The number of urea groups is 1. The third-order valence-electron chi connectivity index (χ3n) is 2.82. The van der Waals surface area contributed by atoms with Gasteiger partial charge in [0.25, 0.3) is 0 Å². The number of nitrogens with zero attached hydrogens (tertiary/aromatic N) is 1. The maximum atomic E-state index is 11.8. The van der Waals surface area contributed by atoms with Crippen molar-refractivity contribution in [1.82, 2.24) is 10.3 Å². The van der Waals surface area contributed by atoms with E-state index < -0.39 is 12.0 Å². The SMILES string of the molecule is Cc1nc(CNC(=O)Nc2ccc(C)c(C(=O)O)c2)cs1. The Kier molecular flexibility index (Phi) is 4.54. The molecule has 1 aromatic carbocycles. The molecule has 0 aliphatic carbocycles. The van der Waals surface area contributed by atoms with Crippen LogP contribution < -0.4 is 10.6 Å². The summed E-state index contributed by atoms with van der Waals surface area (Å²) in [5.74, 6) is -1.02. The average Bonchev–Trinajstić information content (AvgIpc) is 2.84. The summed E-state index contributed by atoms with van der Waals surface area (Å²) in [6.07, 6.45) is 0.